The van der Waals surface area contributed by atoms with Gasteiger partial charge < -0.3 is 4.74 Å². The maximum atomic E-state index is 12.1. The molecule has 2 rings (SSSR count). The zero-order valence-corrected chi connectivity index (χ0v) is 12.3. The molecule has 3 nitrogen and oxygen atoms in total. The van der Waals surface area contributed by atoms with Crippen LogP contribution in [0, 0.1) is 0 Å². The fraction of sp³-hybridized carbons (Fsp3) is 0.400. The Kier molecular flexibility index (Phi) is 4.56. The van der Waals surface area contributed by atoms with Crippen LogP contribution in [0.5, 0.6) is 0 Å². The average Bonchev–Trinajstić information content (AvgIpc) is 2.79. The van der Waals surface area contributed by atoms with E-state index in [-0.39, 0.29) is 12.0 Å². The lowest BCUT2D eigenvalue weighted by atomic mass is 10.1. The summed E-state index contributed by atoms with van der Waals surface area (Å²) < 4.78 is 6.37. The average molecular weight is 277 g/mol. The molecule has 1 unspecified atom stereocenters. The van der Waals surface area contributed by atoms with Gasteiger partial charge in [-0.3, -0.25) is 5.32 Å². The van der Waals surface area contributed by atoms with E-state index in [4.69, 9.17) is 4.74 Å². The van der Waals surface area contributed by atoms with Crippen molar-refractivity contribution in [1.29, 1.82) is 0 Å². The highest BCUT2D eigenvalue weighted by molar-refractivity contribution is 7.17. The van der Waals surface area contributed by atoms with E-state index in [0.717, 1.165) is 10.9 Å². The molecule has 0 fully saturated rings. The SMILES string of the molecule is CCOC(=O)C(NC(C)C)c1csc2ccccc12. The highest BCUT2D eigenvalue weighted by Gasteiger charge is 2.25. The first-order valence-electron chi connectivity index (χ1n) is 6.52. The highest BCUT2D eigenvalue weighted by atomic mass is 32.1. The van der Waals surface area contributed by atoms with Crippen LogP contribution in [-0.2, 0) is 9.53 Å². The van der Waals surface area contributed by atoms with Crippen molar-refractivity contribution in [2.24, 2.45) is 0 Å². The second-order valence-corrected chi connectivity index (χ2v) is 5.60. The van der Waals surface area contributed by atoms with Gasteiger partial charge in [0.2, 0.25) is 0 Å². The van der Waals surface area contributed by atoms with Gasteiger partial charge in [0.05, 0.1) is 6.61 Å². The number of ether oxygens (including phenoxy) is 1. The predicted molar refractivity (Wildman–Crippen MR) is 79.5 cm³/mol. The van der Waals surface area contributed by atoms with Gasteiger partial charge >= 0.3 is 5.97 Å². The van der Waals surface area contributed by atoms with Gasteiger partial charge in [0, 0.05) is 10.7 Å². The van der Waals surface area contributed by atoms with Crippen molar-refractivity contribution in [3.05, 3.63) is 35.2 Å². The first kappa shape index (κ1) is 14.0. The van der Waals surface area contributed by atoms with Crippen LogP contribution in [0.15, 0.2) is 29.6 Å². The molecule has 1 heterocycles. The van der Waals surface area contributed by atoms with Crippen LogP contribution < -0.4 is 5.32 Å². The summed E-state index contributed by atoms with van der Waals surface area (Å²) in [7, 11) is 0. The first-order chi connectivity index (χ1) is 9.13. The van der Waals surface area contributed by atoms with Gasteiger partial charge in [-0.1, -0.05) is 18.2 Å². The number of carbonyl (C=O) groups is 1. The molecular formula is C15H19NO2S. The van der Waals surface area contributed by atoms with E-state index >= 15 is 0 Å². The summed E-state index contributed by atoms with van der Waals surface area (Å²) in [5.41, 5.74) is 1.01. The third-order valence-electron chi connectivity index (χ3n) is 2.84. The highest BCUT2D eigenvalue weighted by Crippen LogP contribution is 2.31. The van der Waals surface area contributed by atoms with E-state index in [1.807, 2.05) is 38.3 Å². The van der Waals surface area contributed by atoms with Crippen LogP contribution in [0.4, 0.5) is 0 Å². The molecule has 0 saturated heterocycles. The molecule has 0 saturated carbocycles. The fourth-order valence-electron chi connectivity index (χ4n) is 2.07. The second kappa shape index (κ2) is 6.17. The lowest BCUT2D eigenvalue weighted by Gasteiger charge is -2.19. The largest absolute Gasteiger partial charge is 0.465 e. The Labute approximate surface area is 117 Å². The molecule has 0 aliphatic rings. The summed E-state index contributed by atoms with van der Waals surface area (Å²) in [4.78, 5) is 12.1. The van der Waals surface area contributed by atoms with Crippen LogP contribution >= 0.6 is 11.3 Å². The van der Waals surface area contributed by atoms with Crippen molar-refractivity contribution >= 4 is 27.4 Å². The molecule has 0 spiro atoms. The minimum atomic E-state index is -0.393. The molecule has 1 N–H and O–H groups in total. The van der Waals surface area contributed by atoms with E-state index in [9.17, 15) is 4.79 Å². The van der Waals surface area contributed by atoms with Crippen LogP contribution in [0.1, 0.15) is 32.4 Å². The Bertz CT molecular complexity index is 562. The summed E-state index contributed by atoms with van der Waals surface area (Å²) in [6, 6.07) is 7.95. The van der Waals surface area contributed by atoms with Crippen LogP contribution in [0.25, 0.3) is 10.1 Å². The molecule has 102 valence electrons. The number of hydrogen-bond acceptors (Lipinski definition) is 4. The maximum absolute atomic E-state index is 12.1. The minimum Gasteiger partial charge on any atom is -0.465 e. The summed E-state index contributed by atoms with van der Waals surface area (Å²) in [5.74, 6) is -0.209. The summed E-state index contributed by atoms with van der Waals surface area (Å²) in [6.45, 7) is 6.29. The molecule has 0 amide bonds. The van der Waals surface area contributed by atoms with Gasteiger partial charge in [-0.05, 0) is 43.2 Å². The number of fused-ring (bicyclic) bond motifs is 1. The molecule has 1 atom stereocenters. The van der Waals surface area contributed by atoms with Crippen molar-refractivity contribution in [1.82, 2.24) is 5.32 Å². The van der Waals surface area contributed by atoms with Gasteiger partial charge in [0.25, 0.3) is 0 Å². The number of rotatable bonds is 5. The summed E-state index contributed by atoms with van der Waals surface area (Å²) >= 11 is 1.66. The van der Waals surface area contributed by atoms with E-state index in [0.29, 0.717) is 6.61 Å². The van der Waals surface area contributed by atoms with Crippen molar-refractivity contribution in [3.63, 3.8) is 0 Å². The van der Waals surface area contributed by atoms with Crippen molar-refractivity contribution < 1.29 is 9.53 Å². The van der Waals surface area contributed by atoms with Crippen molar-refractivity contribution in [3.8, 4) is 0 Å². The number of thiophene rings is 1. The lowest BCUT2D eigenvalue weighted by molar-refractivity contribution is -0.146. The quantitative estimate of drug-likeness (QED) is 0.850. The third kappa shape index (κ3) is 3.14. The Morgan fingerprint density at radius 2 is 2.11 bits per heavy atom. The summed E-state index contributed by atoms with van der Waals surface area (Å²) in [6.07, 6.45) is 0. The molecule has 4 heteroatoms. The van der Waals surface area contributed by atoms with E-state index < -0.39 is 6.04 Å². The van der Waals surface area contributed by atoms with Gasteiger partial charge in [-0.15, -0.1) is 11.3 Å². The Morgan fingerprint density at radius 3 is 2.79 bits per heavy atom. The molecule has 19 heavy (non-hydrogen) atoms. The van der Waals surface area contributed by atoms with Crippen LogP contribution in [0.2, 0.25) is 0 Å². The van der Waals surface area contributed by atoms with Gasteiger partial charge in [-0.25, -0.2) is 4.79 Å². The van der Waals surface area contributed by atoms with Crippen LogP contribution in [-0.4, -0.2) is 18.6 Å². The normalized spacial score (nSPS) is 12.8. The monoisotopic (exact) mass is 277 g/mol. The standard InChI is InChI=1S/C15H19NO2S/c1-4-18-15(17)14(16-10(2)3)12-9-19-13-8-6-5-7-11(12)13/h5-10,14,16H,4H2,1-3H3. The topological polar surface area (TPSA) is 38.3 Å². The maximum Gasteiger partial charge on any atom is 0.327 e. The van der Waals surface area contributed by atoms with Gasteiger partial charge in [-0.2, -0.15) is 0 Å². The first-order valence-corrected chi connectivity index (χ1v) is 7.40. The molecule has 1 aromatic carbocycles. The Balaban J connectivity index is 2.39. The number of nitrogens with one attached hydrogen (secondary N) is 1. The molecular weight excluding hydrogens is 258 g/mol. The minimum absolute atomic E-state index is 0.209. The van der Waals surface area contributed by atoms with Crippen LogP contribution in [0.3, 0.4) is 0 Å². The zero-order valence-electron chi connectivity index (χ0n) is 11.5. The third-order valence-corrected chi connectivity index (χ3v) is 3.83. The number of hydrogen-bond donors (Lipinski definition) is 1. The molecule has 1 aromatic heterocycles. The van der Waals surface area contributed by atoms with E-state index in [1.165, 1.54) is 4.70 Å². The molecule has 0 radical (unpaired) electrons. The number of benzene rings is 1. The number of esters is 1. The second-order valence-electron chi connectivity index (χ2n) is 4.69. The predicted octanol–water partition coefficient (Wildman–Crippen LogP) is 3.50. The van der Waals surface area contributed by atoms with Crippen molar-refractivity contribution in [2.45, 2.75) is 32.9 Å². The lowest BCUT2D eigenvalue weighted by Crippen LogP contribution is -2.34. The molecule has 0 bridgehead atoms. The number of carbonyl (C=O) groups excluding carboxylic acids is 1. The molecule has 0 aliphatic heterocycles. The Hall–Kier alpha value is -1.39. The van der Waals surface area contributed by atoms with Gasteiger partial charge in [0.1, 0.15) is 6.04 Å². The summed E-state index contributed by atoms with van der Waals surface area (Å²) in [5, 5.41) is 6.46. The van der Waals surface area contributed by atoms with E-state index in [2.05, 4.69) is 17.4 Å². The molecule has 0 aliphatic carbocycles. The van der Waals surface area contributed by atoms with Gasteiger partial charge in [0.15, 0.2) is 0 Å². The smallest absolute Gasteiger partial charge is 0.327 e. The Morgan fingerprint density at radius 1 is 1.37 bits per heavy atom. The molecule has 2 aromatic rings. The fourth-order valence-corrected chi connectivity index (χ4v) is 3.05. The zero-order chi connectivity index (χ0) is 13.8. The van der Waals surface area contributed by atoms with Crippen molar-refractivity contribution in [2.75, 3.05) is 6.61 Å². The van der Waals surface area contributed by atoms with E-state index in [1.54, 1.807) is 11.3 Å².